The number of halogens is 1. The maximum atomic E-state index is 5.72. The van der Waals surface area contributed by atoms with Crippen LogP contribution in [0.2, 0.25) is 0 Å². The van der Waals surface area contributed by atoms with Crippen LogP contribution in [-0.2, 0) is 0 Å². The fraction of sp³-hybridized carbons (Fsp3) is 0.0526. The Balaban J connectivity index is 1.99. The highest BCUT2D eigenvalue weighted by Gasteiger charge is 2.21. The molecule has 2 heteroatoms. The highest BCUT2D eigenvalue weighted by atomic mass is 79.9. The molecule has 0 saturated heterocycles. The Kier molecular flexibility index (Phi) is 3.04. The minimum Gasteiger partial charge on any atom is -0.465 e. The largest absolute Gasteiger partial charge is 0.465 e. The number of fused-ring (bicyclic) bond motifs is 3. The second-order valence-electron chi connectivity index (χ2n) is 5.18. The Morgan fingerprint density at radius 2 is 1.76 bits per heavy atom. The van der Waals surface area contributed by atoms with Gasteiger partial charge in [0.15, 0.2) is 0 Å². The first-order valence-corrected chi connectivity index (χ1v) is 7.73. The minimum atomic E-state index is 0.236. The first-order valence-electron chi connectivity index (χ1n) is 6.93. The van der Waals surface area contributed by atoms with Crippen molar-refractivity contribution >= 4 is 26.7 Å². The quantitative estimate of drug-likeness (QED) is 0.558. The molecule has 1 atom stereocenters. The van der Waals surface area contributed by atoms with Crippen LogP contribution in [0.1, 0.15) is 17.0 Å². The number of hydrogen-bond donors (Lipinski definition) is 0. The van der Waals surface area contributed by atoms with E-state index in [4.69, 9.17) is 4.74 Å². The Morgan fingerprint density at radius 3 is 2.62 bits per heavy atom. The molecule has 102 valence electrons. The molecule has 3 aromatic carbocycles. The lowest BCUT2D eigenvalue weighted by molar-refractivity contribution is 0.460. The Labute approximate surface area is 132 Å². The first-order chi connectivity index (χ1) is 10.3. The molecule has 1 heterocycles. The summed E-state index contributed by atoms with van der Waals surface area (Å²) in [6.07, 6.45) is 3.92. The van der Waals surface area contributed by atoms with Crippen LogP contribution in [0.3, 0.4) is 0 Å². The van der Waals surface area contributed by atoms with E-state index in [0.29, 0.717) is 0 Å². The van der Waals surface area contributed by atoms with Crippen molar-refractivity contribution in [2.75, 3.05) is 0 Å². The molecule has 3 aromatic rings. The molecule has 0 amide bonds. The fourth-order valence-corrected chi connectivity index (χ4v) is 3.33. The molecule has 1 aliphatic rings. The van der Waals surface area contributed by atoms with Gasteiger partial charge in [-0.3, -0.25) is 0 Å². The van der Waals surface area contributed by atoms with E-state index in [9.17, 15) is 0 Å². The summed E-state index contributed by atoms with van der Waals surface area (Å²) in [7, 11) is 0. The van der Waals surface area contributed by atoms with E-state index in [-0.39, 0.29) is 5.92 Å². The van der Waals surface area contributed by atoms with E-state index in [0.717, 1.165) is 10.2 Å². The molecule has 0 radical (unpaired) electrons. The van der Waals surface area contributed by atoms with Crippen molar-refractivity contribution in [2.45, 2.75) is 5.92 Å². The van der Waals surface area contributed by atoms with E-state index in [1.165, 1.54) is 21.9 Å². The van der Waals surface area contributed by atoms with Gasteiger partial charge in [0.1, 0.15) is 5.75 Å². The SMILES string of the molecule is Brc1ccc2c3c(ccc2c1)OC=C[C@@H]3c1ccccc1. The van der Waals surface area contributed by atoms with Gasteiger partial charge in [0.2, 0.25) is 0 Å². The molecule has 4 rings (SSSR count). The molecule has 21 heavy (non-hydrogen) atoms. The van der Waals surface area contributed by atoms with Gasteiger partial charge in [-0.05, 0) is 40.6 Å². The zero-order chi connectivity index (χ0) is 14.2. The van der Waals surface area contributed by atoms with Crippen LogP contribution < -0.4 is 4.74 Å². The lowest BCUT2D eigenvalue weighted by Crippen LogP contribution is -2.06. The first kappa shape index (κ1) is 12.7. The summed E-state index contributed by atoms with van der Waals surface area (Å²) in [5.74, 6) is 1.18. The molecule has 0 unspecified atom stereocenters. The van der Waals surface area contributed by atoms with Crippen molar-refractivity contribution in [3.63, 3.8) is 0 Å². The van der Waals surface area contributed by atoms with E-state index in [2.05, 4.69) is 76.6 Å². The molecular weight excluding hydrogens is 324 g/mol. The van der Waals surface area contributed by atoms with Gasteiger partial charge in [0.25, 0.3) is 0 Å². The number of ether oxygens (including phenoxy) is 1. The second-order valence-corrected chi connectivity index (χ2v) is 6.09. The van der Waals surface area contributed by atoms with Crippen molar-refractivity contribution in [2.24, 2.45) is 0 Å². The Bertz CT molecular complexity index is 837. The molecular formula is C19H13BrO. The van der Waals surface area contributed by atoms with Gasteiger partial charge in [-0.1, -0.05) is 58.4 Å². The predicted octanol–water partition coefficient (Wildman–Crippen LogP) is 5.64. The minimum absolute atomic E-state index is 0.236. The highest BCUT2D eigenvalue weighted by Crippen LogP contribution is 2.41. The van der Waals surface area contributed by atoms with Crippen LogP contribution in [0.4, 0.5) is 0 Å². The molecule has 0 aliphatic carbocycles. The molecule has 0 bridgehead atoms. The molecule has 0 spiro atoms. The number of rotatable bonds is 1. The van der Waals surface area contributed by atoms with E-state index < -0.39 is 0 Å². The molecule has 0 saturated carbocycles. The van der Waals surface area contributed by atoms with Gasteiger partial charge in [0.05, 0.1) is 6.26 Å². The Morgan fingerprint density at radius 1 is 0.905 bits per heavy atom. The van der Waals surface area contributed by atoms with Crippen LogP contribution >= 0.6 is 15.9 Å². The highest BCUT2D eigenvalue weighted by molar-refractivity contribution is 9.10. The van der Waals surface area contributed by atoms with Gasteiger partial charge in [-0.2, -0.15) is 0 Å². The van der Waals surface area contributed by atoms with Gasteiger partial charge < -0.3 is 4.74 Å². The monoisotopic (exact) mass is 336 g/mol. The average Bonchev–Trinajstić information content (AvgIpc) is 2.54. The zero-order valence-corrected chi connectivity index (χ0v) is 12.9. The summed E-state index contributed by atoms with van der Waals surface area (Å²) in [6.45, 7) is 0. The van der Waals surface area contributed by atoms with Gasteiger partial charge in [0, 0.05) is 16.0 Å². The zero-order valence-electron chi connectivity index (χ0n) is 11.3. The summed E-state index contributed by atoms with van der Waals surface area (Å²) >= 11 is 3.54. The third-order valence-electron chi connectivity index (χ3n) is 3.92. The summed E-state index contributed by atoms with van der Waals surface area (Å²) in [6, 6.07) is 21.1. The van der Waals surface area contributed by atoms with Gasteiger partial charge in [-0.25, -0.2) is 0 Å². The van der Waals surface area contributed by atoms with Crippen LogP contribution in [0.5, 0.6) is 5.75 Å². The van der Waals surface area contributed by atoms with Crippen molar-refractivity contribution in [1.29, 1.82) is 0 Å². The van der Waals surface area contributed by atoms with Crippen LogP contribution in [0, 0.1) is 0 Å². The molecule has 1 nitrogen and oxygen atoms in total. The smallest absolute Gasteiger partial charge is 0.131 e. The average molecular weight is 337 g/mol. The number of benzene rings is 3. The predicted molar refractivity (Wildman–Crippen MR) is 89.7 cm³/mol. The summed E-state index contributed by atoms with van der Waals surface area (Å²) in [4.78, 5) is 0. The lowest BCUT2D eigenvalue weighted by atomic mass is 9.86. The fourth-order valence-electron chi connectivity index (χ4n) is 2.95. The normalized spacial score (nSPS) is 16.5. The van der Waals surface area contributed by atoms with E-state index in [1.54, 1.807) is 6.26 Å². The Hall–Kier alpha value is -2.06. The molecule has 0 aromatic heterocycles. The van der Waals surface area contributed by atoms with Crippen LogP contribution in [0.15, 0.2) is 77.5 Å². The summed E-state index contributed by atoms with van der Waals surface area (Å²) < 4.78 is 6.82. The van der Waals surface area contributed by atoms with Crippen molar-refractivity contribution < 1.29 is 4.74 Å². The third kappa shape index (κ3) is 2.16. The lowest BCUT2D eigenvalue weighted by Gasteiger charge is -2.23. The van der Waals surface area contributed by atoms with Gasteiger partial charge >= 0.3 is 0 Å². The van der Waals surface area contributed by atoms with Crippen molar-refractivity contribution in [3.8, 4) is 5.75 Å². The molecule has 0 N–H and O–H groups in total. The van der Waals surface area contributed by atoms with E-state index in [1.807, 2.05) is 6.07 Å². The number of allylic oxidation sites excluding steroid dienone is 1. The van der Waals surface area contributed by atoms with Crippen LogP contribution in [0.25, 0.3) is 10.8 Å². The summed E-state index contributed by atoms with van der Waals surface area (Å²) in [5, 5.41) is 2.47. The summed E-state index contributed by atoms with van der Waals surface area (Å²) in [5.41, 5.74) is 2.53. The second kappa shape index (κ2) is 5.05. The molecule has 1 aliphatic heterocycles. The standard InChI is InChI=1S/C19H13BrO/c20-15-7-8-16-14(12-15)6-9-18-19(16)17(10-11-21-18)13-4-2-1-3-5-13/h1-12,17H/t17-/m1/s1. The van der Waals surface area contributed by atoms with Crippen molar-refractivity contribution in [3.05, 3.63) is 88.6 Å². The topological polar surface area (TPSA) is 9.23 Å². The van der Waals surface area contributed by atoms with Crippen LogP contribution in [-0.4, -0.2) is 0 Å². The maximum Gasteiger partial charge on any atom is 0.131 e. The third-order valence-corrected chi connectivity index (χ3v) is 4.41. The van der Waals surface area contributed by atoms with E-state index >= 15 is 0 Å². The van der Waals surface area contributed by atoms with Crippen molar-refractivity contribution in [1.82, 2.24) is 0 Å². The number of hydrogen-bond acceptors (Lipinski definition) is 1. The maximum absolute atomic E-state index is 5.72. The molecule has 0 fully saturated rings. The van der Waals surface area contributed by atoms with Gasteiger partial charge in [-0.15, -0.1) is 0 Å².